The van der Waals surface area contributed by atoms with Crippen molar-refractivity contribution in [2.75, 3.05) is 6.26 Å². The van der Waals surface area contributed by atoms with Crippen LogP contribution in [0.5, 0.6) is 0 Å². The van der Waals surface area contributed by atoms with Gasteiger partial charge in [-0.1, -0.05) is 24.6 Å². The van der Waals surface area contributed by atoms with Crippen LogP contribution in [0.2, 0.25) is 0 Å². The summed E-state index contributed by atoms with van der Waals surface area (Å²) >= 11 is 2.02. The fourth-order valence-corrected chi connectivity index (χ4v) is 4.37. The quantitative estimate of drug-likeness (QED) is 0.854. The van der Waals surface area contributed by atoms with E-state index >= 15 is 0 Å². The molecule has 1 fully saturated rings. The van der Waals surface area contributed by atoms with Crippen molar-refractivity contribution in [1.29, 1.82) is 0 Å². The molecule has 2 nitrogen and oxygen atoms in total. The van der Waals surface area contributed by atoms with Crippen LogP contribution >= 0.6 is 11.8 Å². The molecule has 3 rings (SSSR count). The largest absolute Gasteiger partial charge is 0.459 e. The van der Waals surface area contributed by atoms with E-state index in [9.17, 15) is 0 Å². The summed E-state index contributed by atoms with van der Waals surface area (Å²) in [6, 6.07) is 9.23. The maximum atomic E-state index is 6.09. The molecule has 1 aromatic carbocycles. The van der Waals surface area contributed by atoms with Crippen molar-refractivity contribution in [3.8, 4) is 0 Å². The number of fused-ring (bicyclic) bond motifs is 1. The van der Waals surface area contributed by atoms with Crippen LogP contribution in [0.3, 0.4) is 0 Å². The third-order valence-electron chi connectivity index (χ3n) is 4.72. The lowest BCUT2D eigenvalue weighted by Crippen LogP contribution is -2.36. The molecule has 1 aromatic heterocycles. The highest BCUT2D eigenvalue weighted by molar-refractivity contribution is 7.99. The minimum absolute atomic E-state index is 0.281. The normalized spacial score (nSPS) is 24.3. The number of thioether (sulfide) groups is 1. The number of aryl methyl sites for hydroxylation is 1. The number of para-hydroxylation sites is 1. The zero-order chi connectivity index (χ0) is 14.8. The van der Waals surface area contributed by atoms with Gasteiger partial charge in [-0.15, -0.1) is 0 Å². The van der Waals surface area contributed by atoms with Gasteiger partial charge in [0.25, 0.3) is 0 Å². The molecule has 0 aliphatic heterocycles. The first-order valence-electron chi connectivity index (χ1n) is 7.96. The number of benzene rings is 1. The first kappa shape index (κ1) is 15.0. The van der Waals surface area contributed by atoms with E-state index in [1.165, 1.54) is 36.6 Å². The number of furan rings is 1. The van der Waals surface area contributed by atoms with Crippen LogP contribution in [-0.2, 0) is 0 Å². The van der Waals surface area contributed by atoms with Gasteiger partial charge < -0.3 is 9.73 Å². The van der Waals surface area contributed by atoms with Gasteiger partial charge in [-0.2, -0.15) is 11.8 Å². The van der Waals surface area contributed by atoms with Gasteiger partial charge in [0, 0.05) is 16.7 Å². The Balaban J connectivity index is 1.74. The van der Waals surface area contributed by atoms with Crippen molar-refractivity contribution in [3.05, 3.63) is 35.6 Å². The standard InChI is InChI=1S/C18H25NOS/c1-12-16-9-4-5-10-17(16)20-18(12)13(2)19-14-7-6-8-15(11-14)21-3/h4-5,9-10,13-15,19H,6-8,11H2,1-3H3. The first-order chi connectivity index (χ1) is 10.2. The molecule has 0 radical (unpaired) electrons. The Morgan fingerprint density at radius 1 is 1.29 bits per heavy atom. The van der Waals surface area contributed by atoms with Crippen LogP contribution in [0.15, 0.2) is 28.7 Å². The third kappa shape index (κ3) is 3.14. The summed E-state index contributed by atoms with van der Waals surface area (Å²) in [7, 11) is 0. The van der Waals surface area contributed by atoms with Gasteiger partial charge in [0.1, 0.15) is 11.3 Å². The van der Waals surface area contributed by atoms with E-state index in [1.807, 2.05) is 17.8 Å². The van der Waals surface area contributed by atoms with Gasteiger partial charge in [-0.25, -0.2) is 0 Å². The van der Waals surface area contributed by atoms with E-state index in [0.29, 0.717) is 6.04 Å². The lowest BCUT2D eigenvalue weighted by atomic mass is 9.94. The Morgan fingerprint density at radius 3 is 2.86 bits per heavy atom. The molecule has 1 N–H and O–H groups in total. The number of hydrogen-bond acceptors (Lipinski definition) is 3. The van der Waals surface area contributed by atoms with Gasteiger partial charge in [-0.3, -0.25) is 0 Å². The molecule has 0 saturated heterocycles. The van der Waals surface area contributed by atoms with Crippen LogP contribution < -0.4 is 5.32 Å². The molecule has 21 heavy (non-hydrogen) atoms. The predicted molar refractivity (Wildman–Crippen MR) is 92.1 cm³/mol. The highest BCUT2D eigenvalue weighted by Gasteiger charge is 2.24. The summed E-state index contributed by atoms with van der Waals surface area (Å²) in [6.45, 7) is 4.40. The van der Waals surface area contributed by atoms with Crippen molar-refractivity contribution in [2.45, 2.75) is 56.9 Å². The van der Waals surface area contributed by atoms with Crippen molar-refractivity contribution >= 4 is 22.7 Å². The predicted octanol–water partition coefficient (Wildman–Crippen LogP) is 5.07. The van der Waals surface area contributed by atoms with E-state index in [4.69, 9.17) is 4.42 Å². The Morgan fingerprint density at radius 2 is 2.10 bits per heavy atom. The van der Waals surface area contributed by atoms with Crippen molar-refractivity contribution in [2.24, 2.45) is 0 Å². The average molecular weight is 303 g/mol. The molecule has 1 aliphatic rings. The second kappa shape index (κ2) is 6.45. The Kier molecular flexibility index (Phi) is 4.60. The number of hydrogen-bond donors (Lipinski definition) is 1. The Labute approximate surface area is 131 Å². The van der Waals surface area contributed by atoms with Crippen molar-refractivity contribution in [3.63, 3.8) is 0 Å². The molecule has 1 aliphatic carbocycles. The van der Waals surface area contributed by atoms with Crippen LogP contribution in [0.1, 0.15) is 50.0 Å². The van der Waals surface area contributed by atoms with Crippen LogP contribution in [-0.4, -0.2) is 17.5 Å². The molecular weight excluding hydrogens is 278 g/mol. The van der Waals surface area contributed by atoms with Gasteiger partial charge in [0.05, 0.1) is 6.04 Å². The van der Waals surface area contributed by atoms with E-state index in [0.717, 1.165) is 16.6 Å². The van der Waals surface area contributed by atoms with Crippen LogP contribution in [0.4, 0.5) is 0 Å². The second-order valence-electron chi connectivity index (χ2n) is 6.20. The molecule has 3 heteroatoms. The molecule has 0 bridgehead atoms. The zero-order valence-electron chi connectivity index (χ0n) is 13.2. The Bertz CT molecular complexity index is 606. The van der Waals surface area contributed by atoms with Crippen LogP contribution in [0, 0.1) is 6.92 Å². The maximum Gasteiger partial charge on any atom is 0.134 e. The summed E-state index contributed by atoms with van der Waals surface area (Å²) < 4.78 is 6.09. The molecular formula is C18H25NOS. The molecule has 3 unspecified atom stereocenters. The fraction of sp³-hybridized carbons (Fsp3) is 0.556. The van der Waals surface area contributed by atoms with E-state index in [-0.39, 0.29) is 6.04 Å². The summed E-state index contributed by atoms with van der Waals surface area (Å²) in [5.41, 5.74) is 2.28. The molecule has 0 spiro atoms. The topological polar surface area (TPSA) is 25.2 Å². The lowest BCUT2D eigenvalue weighted by molar-refractivity contribution is 0.331. The number of nitrogens with one attached hydrogen (secondary N) is 1. The lowest BCUT2D eigenvalue weighted by Gasteiger charge is -2.30. The monoisotopic (exact) mass is 303 g/mol. The highest BCUT2D eigenvalue weighted by atomic mass is 32.2. The summed E-state index contributed by atoms with van der Waals surface area (Å²) in [4.78, 5) is 0. The summed E-state index contributed by atoms with van der Waals surface area (Å²) in [5.74, 6) is 1.10. The molecule has 1 saturated carbocycles. The van der Waals surface area contributed by atoms with Crippen molar-refractivity contribution in [1.82, 2.24) is 5.32 Å². The molecule has 3 atom stereocenters. The Hall–Kier alpha value is -0.930. The molecule has 114 valence electrons. The highest BCUT2D eigenvalue weighted by Crippen LogP contribution is 2.32. The number of rotatable bonds is 4. The minimum atomic E-state index is 0.281. The smallest absolute Gasteiger partial charge is 0.134 e. The van der Waals surface area contributed by atoms with E-state index in [1.54, 1.807) is 0 Å². The van der Waals surface area contributed by atoms with Gasteiger partial charge in [0.15, 0.2) is 0 Å². The summed E-state index contributed by atoms with van der Waals surface area (Å²) in [6.07, 6.45) is 7.53. The summed E-state index contributed by atoms with van der Waals surface area (Å²) in [5, 5.41) is 5.86. The van der Waals surface area contributed by atoms with Gasteiger partial charge >= 0.3 is 0 Å². The average Bonchev–Trinajstić information content (AvgIpc) is 2.85. The fourth-order valence-electron chi connectivity index (χ4n) is 3.55. The van der Waals surface area contributed by atoms with Gasteiger partial charge in [0.2, 0.25) is 0 Å². The second-order valence-corrected chi connectivity index (χ2v) is 7.34. The minimum Gasteiger partial charge on any atom is -0.459 e. The zero-order valence-corrected chi connectivity index (χ0v) is 14.0. The molecule has 2 aromatic rings. The van der Waals surface area contributed by atoms with E-state index < -0.39 is 0 Å². The SMILES string of the molecule is CSC1CCCC(NC(C)c2oc3ccccc3c2C)C1. The molecule has 1 heterocycles. The maximum absolute atomic E-state index is 6.09. The van der Waals surface area contributed by atoms with E-state index in [2.05, 4.69) is 43.6 Å². The van der Waals surface area contributed by atoms with Crippen molar-refractivity contribution < 1.29 is 4.42 Å². The molecule has 0 amide bonds. The van der Waals surface area contributed by atoms with Crippen LogP contribution in [0.25, 0.3) is 11.0 Å². The van der Waals surface area contributed by atoms with Gasteiger partial charge in [-0.05, 0) is 51.0 Å². The first-order valence-corrected chi connectivity index (χ1v) is 9.24. The third-order valence-corrected chi connectivity index (χ3v) is 5.81.